The minimum absolute atomic E-state index is 0.135. The van der Waals surface area contributed by atoms with Crippen molar-refractivity contribution in [2.45, 2.75) is 0 Å². The molecule has 2 rings (SSSR count). The third-order valence-electron chi connectivity index (χ3n) is 2.44. The molecule has 1 N–H and O–H groups in total. The van der Waals surface area contributed by atoms with E-state index in [1.54, 1.807) is 36.2 Å². The normalized spacial score (nSPS) is 9.70. The van der Waals surface area contributed by atoms with Crippen molar-refractivity contribution in [1.29, 1.82) is 5.26 Å². The number of aromatic nitrogens is 3. The Balaban J connectivity index is 2.38. The molecule has 7 heteroatoms. The molecule has 102 valence electrons. The molecule has 0 saturated carbocycles. The van der Waals surface area contributed by atoms with E-state index in [2.05, 4.69) is 26.3 Å². The fraction of sp³-hybridized carbons (Fsp3) is 0.231. The van der Waals surface area contributed by atoms with Crippen LogP contribution in [0.1, 0.15) is 5.56 Å². The zero-order chi connectivity index (χ0) is 14.5. The van der Waals surface area contributed by atoms with Crippen molar-refractivity contribution in [2.75, 3.05) is 31.4 Å². The predicted octanol–water partition coefficient (Wildman–Crippen LogP) is 1.64. The van der Waals surface area contributed by atoms with Gasteiger partial charge in [0.25, 0.3) is 0 Å². The molecular formula is C13H14N6O. The Hall–Kier alpha value is -2.88. The maximum Gasteiger partial charge on any atom is 0.328 e. The second kappa shape index (κ2) is 5.84. The van der Waals surface area contributed by atoms with Crippen LogP contribution in [0.15, 0.2) is 24.3 Å². The number of para-hydroxylation sites is 1. The van der Waals surface area contributed by atoms with Gasteiger partial charge < -0.3 is 15.0 Å². The molecule has 0 saturated heterocycles. The highest BCUT2D eigenvalue weighted by Gasteiger charge is 2.11. The molecule has 0 aliphatic heterocycles. The van der Waals surface area contributed by atoms with E-state index in [-0.39, 0.29) is 6.01 Å². The molecular weight excluding hydrogens is 256 g/mol. The number of rotatable bonds is 4. The maximum absolute atomic E-state index is 9.04. The molecule has 0 aliphatic carbocycles. The highest BCUT2D eigenvalue weighted by molar-refractivity contribution is 5.44. The quantitative estimate of drug-likeness (QED) is 0.903. The van der Waals surface area contributed by atoms with Crippen molar-refractivity contribution in [3.05, 3.63) is 29.8 Å². The van der Waals surface area contributed by atoms with Crippen molar-refractivity contribution in [3.63, 3.8) is 0 Å². The summed E-state index contributed by atoms with van der Waals surface area (Å²) in [5, 5.41) is 11.9. The fourth-order valence-electron chi connectivity index (χ4n) is 1.45. The number of ether oxygens (including phenoxy) is 1. The van der Waals surface area contributed by atoms with E-state index >= 15 is 0 Å². The first-order chi connectivity index (χ1) is 9.63. The number of hydrogen-bond donors (Lipinski definition) is 1. The average Bonchev–Trinajstić information content (AvgIpc) is 2.47. The van der Waals surface area contributed by atoms with Crippen molar-refractivity contribution in [2.24, 2.45) is 0 Å². The van der Waals surface area contributed by atoms with Gasteiger partial charge in [-0.2, -0.15) is 20.2 Å². The minimum Gasteiger partial charge on any atom is -0.423 e. The summed E-state index contributed by atoms with van der Waals surface area (Å²) >= 11 is 0. The molecule has 7 nitrogen and oxygen atoms in total. The summed E-state index contributed by atoms with van der Waals surface area (Å²) in [7, 11) is 5.35. The van der Waals surface area contributed by atoms with Crippen molar-refractivity contribution >= 4 is 11.9 Å². The largest absolute Gasteiger partial charge is 0.423 e. The molecule has 2 aromatic rings. The molecule has 0 spiro atoms. The molecule has 1 heterocycles. The van der Waals surface area contributed by atoms with Gasteiger partial charge in [-0.3, -0.25) is 0 Å². The molecule has 0 atom stereocenters. The molecule has 1 aromatic heterocycles. The van der Waals surface area contributed by atoms with Gasteiger partial charge in [-0.1, -0.05) is 12.1 Å². The predicted molar refractivity (Wildman–Crippen MR) is 74.9 cm³/mol. The van der Waals surface area contributed by atoms with E-state index < -0.39 is 0 Å². The summed E-state index contributed by atoms with van der Waals surface area (Å²) in [6, 6.07) is 9.10. The Kier molecular flexibility index (Phi) is 3.96. The van der Waals surface area contributed by atoms with Gasteiger partial charge in [-0.25, -0.2) is 0 Å². The summed E-state index contributed by atoms with van der Waals surface area (Å²) in [5.74, 6) is 1.27. The van der Waals surface area contributed by atoms with Gasteiger partial charge >= 0.3 is 6.01 Å². The van der Waals surface area contributed by atoms with Crippen LogP contribution >= 0.6 is 0 Å². The summed E-state index contributed by atoms with van der Waals surface area (Å²) in [4.78, 5) is 14.2. The maximum atomic E-state index is 9.04. The van der Waals surface area contributed by atoms with Crippen LogP contribution in [0.5, 0.6) is 11.8 Å². The fourth-order valence-corrected chi connectivity index (χ4v) is 1.45. The Morgan fingerprint density at radius 3 is 2.60 bits per heavy atom. The molecule has 0 bridgehead atoms. The lowest BCUT2D eigenvalue weighted by atomic mass is 10.2. The highest BCUT2D eigenvalue weighted by atomic mass is 16.5. The number of nitriles is 1. The van der Waals surface area contributed by atoms with Crippen LogP contribution in [-0.4, -0.2) is 36.1 Å². The van der Waals surface area contributed by atoms with Crippen molar-refractivity contribution < 1.29 is 4.74 Å². The number of hydrogen-bond acceptors (Lipinski definition) is 7. The molecule has 0 amide bonds. The molecule has 0 unspecified atom stereocenters. The number of nitrogens with one attached hydrogen (secondary N) is 1. The van der Waals surface area contributed by atoms with Crippen LogP contribution in [0.4, 0.5) is 11.9 Å². The Labute approximate surface area is 116 Å². The zero-order valence-corrected chi connectivity index (χ0v) is 11.5. The van der Waals surface area contributed by atoms with Gasteiger partial charge in [0.15, 0.2) is 0 Å². The molecule has 0 fully saturated rings. The van der Waals surface area contributed by atoms with Crippen molar-refractivity contribution in [3.8, 4) is 17.8 Å². The first-order valence-corrected chi connectivity index (χ1v) is 5.92. The van der Waals surface area contributed by atoms with E-state index in [1.807, 2.05) is 14.1 Å². The summed E-state index contributed by atoms with van der Waals surface area (Å²) in [6.07, 6.45) is 0. The van der Waals surface area contributed by atoms with Crippen LogP contribution in [0.25, 0.3) is 0 Å². The van der Waals surface area contributed by atoms with Crippen LogP contribution in [0, 0.1) is 11.3 Å². The third-order valence-corrected chi connectivity index (χ3v) is 2.44. The monoisotopic (exact) mass is 270 g/mol. The first kappa shape index (κ1) is 13.5. The van der Waals surface area contributed by atoms with Crippen LogP contribution < -0.4 is 15.0 Å². The van der Waals surface area contributed by atoms with Gasteiger partial charge in [-0.05, 0) is 12.1 Å². The standard InChI is InChI=1S/C13H14N6O/c1-15-11-16-12(19(2)3)18-13(17-11)20-10-7-5-4-6-9(10)8-14/h4-7H,1-3H3,(H,15,16,17,18). The van der Waals surface area contributed by atoms with Gasteiger partial charge in [0, 0.05) is 21.1 Å². The molecule has 1 aromatic carbocycles. The van der Waals surface area contributed by atoms with Gasteiger partial charge in [0.1, 0.15) is 11.8 Å². The van der Waals surface area contributed by atoms with Gasteiger partial charge in [0.2, 0.25) is 11.9 Å². The van der Waals surface area contributed by atoms with Crippen LogP contribution in [0.2, 0.25) is 0 Å². The Morgan fingerprint density at radius 2 is 1.95 bits per heavy atom. The zero-order valence-electron chi connectivity index (χ0n) is 11.5. The third kappa shape index (κ3) is 2.92. The Morgan fingerprint density at radius 1 is 1.20 bits per heavy atom. The number of benzene rings is 1. The van der Waals surface area contributed by atoms with Gasteiger partial charge in [-0.15, -0.1) is 0 Å². The topological polar surface area (TPSA) is 87.0 Å². The lowest BCUT2D eigenvalue weighted by Gasteiger charge is -2.12. The summed E-state index contributed by atoms with van der Waals surface area (Å²) in [5.41, 5.74) is 0.422. The highest BCUT2D eigenvalue weighted by Crippen LogP contribution is 2.23. The van der Waals surface area contributed by atoms with Gasteiger partial charge in [0.05, 0.1) is 5.56 Å². The van der Waals surface area contributed by atoms with E-state index in [0.29, 0.717) is 23.2 Å². The second-order valence-electron chi connectivity index (χ2n) is 4.10. The second-order valence-corrected chi connectivity index (χ2v) is 4.10. The molecule has 0 radical (unpaired) electrons. The minimum atomic E-state index is 0.135. The average molecular weight is 270 g/mol. The first-order valence-electron chi connectivity index (χ1n) is 5.92. The lowest BCUT2D eigenvalue weighted by molar-refractivity contribution is 0.439. The van der Waals surface area contributed by atoms with E-state index in [9.17, 15) is 0 Å². The SMILES string of the molecule is CNc1nc(Oc2ccccc2C#N)nc(N(C)C)n1. The van der Waals surface area contributed by atoms with Crippen LogP contribution in [-0.2, 0) is 0 Å². The number of nitrogens with zero attached hydrogens (tertiary/aromatic N) is 5. The lowest BCUT2D eigenvalue weighted by Crippen LogP contribution is -2.15. The van der Waals surface area contributed by atoms with E-state index in [4.69, 9.17) is 10.00 Å². The molecule has 20 heavy (non-hydrogen) atoms. The summed E-state index contributed by atoms with van der Waals surface area (Å²) < 4.78 is 5.58. The van der Waals surface area contributed by atoms with Crippen LogP contribution in [0.3, 0.4) is 0 Å². The van der Waals surface area contributed by atoms with Crippen molar-refractivity contribution in [1.82, 2.24) is 15.0 Å². The van der Waals surface area contributed by atoms with E-state index in [1.165, 1.54) is 0 Å². The Bertz CT molecular complexity index is 650. The van der Waals surface area contributed by atoms with E-state index in [0.717, 1.165) is 0 Å². The molecule has 0 aliphatic rings. The summed E-state index contributed by atoms with van der Waals surface area (Å²) in [6.45, 7) is 0. The number of anilines is 2. The smallest absolute Gasteiger partial charge is 0.328 e.